The van der Waals surface area contributed by atoms with E-state index in [0.29, 0.717) is 18.1 Å². The summed E-state index contributed by atoms with van der Waals surface area (Å²) in [6.45, 7) is 3.74. The molecule has 0 amide bonds. The number of nitrogens with zero attached hydrogens (tertiary/aromatic N) is 2. The molecule has 6 nitrogen and oxygen atoms in total. The van der Waals surface area contributed by atoms with Crippen molar-refractivity contribution in [2.75, 3.05) is 16.9 Å². The first-order chi connectivity index (χ1) is 7.93. The average molecular weight is 256 g/mol. The summed E-state index contributed by atoms with van der Waals surface area (Å²) in [7, 11) is -2.92. The largest absolute Gasteiger partial charge is 0.308 e. The summed E-state index contributed by atoms with van der Waals surface area (Å²) in [5.74, 6) is 6.77. The number of hydrogen-bond donors (Lipinski definition) is 2. The molecule has 0 radical (unpaired) electrons. The van der Waals surface area contributed by atoms with E-state index >= 15 is 0 Å². The van der Waals surface area contributed by atoms with Crippen LogP contribution in [-0.4, -0.2) is 29.9 Å². The zero-order chi connectivity index (χ0) is 12.6. The Kier molecular flexibility index (Phi) is 3.05. The number of hydrazine groups is 1. The monoisotopic (exact) mass is 256 g/mol. The molecule has 1 aliphatic heterocycles. The van der Waals surface area contributed by atoms with E-state index in [0.717, 1.165) is 11.3 Å². The SMILES string of the molecule is Cc1nc(C2CCS(=O)(=O)C2)nc(NN)c1C. The van der Waals surface area contributed by atoms with Crippen LogP contribution in [0.15, 0.2) is 0 Å². The molecule has 1 aliphatic rings. The molecule has 2 heterocycles. The second-order valence-corrected chi connectivity index (χ2v) is 6.61. The van der Waals surface area contributed by atoms with Crippen molar-refractivity contribution in [1.82, 2.24) is 9.97 Å². The lowest BCUT2D eigenvalue weighted by Gasteiger charge is -2.12. The fourth-order valence-corrected chi connectivity index (χ4v) is 3.71. The second-order valence-electron chi connectivity index (χ2n) is 4.39. The van der Waals surface area contributed by atoms with Crippen molar-refractivity contribution in [3.05, 3.63) is 17.1 Å². The maximum atomic E-state index is 11.4. The van der Waals surface area contributed by atoms with Gasteiger partial charge >= 0.3 is 0 Å². The predicted molar refractivity (Wildman–Crippen MR) is 65.3 cm³/mol. The second kappa shape index (κ2) is 4.23. The summed E-state index contributed by atoms with van der Waals surface area (Å²) in [6.07, 6.45) is 0.592. The number of sulfone groups is 1. The van der Waals surface area contributed by atoms with Crippen LogP contribution in [0.3, 0.4) is 0 Å². The van der Waals surface area contributed by atoms with Gasteiger partial charge in [-0.15, -0.1) is 0 Å². The third-order valence-electron chi connectivity index (χ3n) is 3.14. The third-order valence-corrected chi connectivity index (χ3v) is 4.91. The molecule has 1 saturated heterocycles. The highest BCUT2D eigenvalue weighted by Gasteiger charge is 2.31. The van der Waals surface area contributed by atoms with Gasteiger partial charge in [0.2, 0.25) is 0 Å². The van der Waals surface area contributed by atoms with E-state index in [2.05, 4.69) is 15.4 Å². The third kappa shape index (κ3) is 2.39. The molecule has 0 spiro atoms. The number of hydrogen-bond acceptors (Lipinski definition) is 6. The molecule has 7 heteroatoms. The van der Waals surface area contributed by atoms with Crippen molar-refractivity contribution in [3.63, 3.8) is 0 Å². The van der Waals surface area contributed by atoms with E-state index in [1.807, 2.05) is 13.8 Å². The molecular formula is C10H16N4O2S. The van der Waals surface area contributed by atoms with Crippen molar-refractivity contribution < 1.29 is 8.42 Å². The van der Waals surface area contributed by atoms with E-state index in [9.17, 15) is 8.42 Å². The van der Waals surface area contributed by atoms with Gasteiger partial charge in [0.15, 0.2) is 9.84 Å². The molecule has 94 valence electrons. The highest BCUT2D eigenvalue weighted by molar-refractivity contribution is 7.91. The van der Waals surface area contributed by atoms with Gasteiger partial charge < -0.3 is 5.43 Å². The molecule has 0 bridgehead atoms. The van der Waals surface area contributed by atoms with E-state index in [-0.39, 0.29) is 17.4 Å². The summed E-state index contributed by atoms with van der Waals surface area (Å²) >= 11 is 0. The topological polar surface area (TPSA) is 98.0 Å². The average Bonchev–Trinajstić information content (AvgIpc) is 2.62. The van der Waals surface area contributed by atoms with Crippen molar-refractivity contribution in [2.45, 2.75) is 26.2 Å². The maximum absolute atomic E-state index is 11.4. The lowest BCUT2D eigenvalue weighted by atomic mass is 10.1. The van der Waals surface area contributed by atoms with E-state index in [4.69, 9.17) is 5.84 Å². The summed E-state index contributed by atoms with van der Waals surface area (Å²) in [5, 5.41) is 0. The molecule has 1 aromatic heterocycles. The van der Waals surface area contributed by atoms with Gasteiger partial charge in [0.05, 0.1) is 11.5 Å². The highest BCUT2D eigenvalue weighted by Crippen LogP contribution is 2.28. The normalized spacial score (nSPS) is 22.6. The minimum atomic E-state index is -2.92. The van der Waals surface area contributed by atoms with Crippen LogP contribution in [0.4, 0.5) is 5.82 Å². The van der Waals surface area contributed by atoms with Crippen LogP contribution in [0.1, 0.15) is 29.4 Å². The number of nitrogen functional groups attached to an aromatic ring is 1. The van der Waals surface area contributed by atoms with Gasteiger partial charge in [-0.25, -0.2) is 24.2 Å². The van der Waals surface area contributed by atoms with Crippen LogP contribution in [0, 0.1) is 13.8 Å². The zero-order valence-electron chi connectivity index (χ0n) is 9.90. The summed E-state index contributed by atoms with van der Waals surface area (Å²) < 4.78 is 22.8. The van der Waals surface area contributed by atoms with E-state index < -0.39 is 9.84 Å². The fraction of sp³-hybridized carbons (Fsp3) is 0.600. The number of rotatable bonds is 2. The van der Waals surface area contributed by atoms with Crippen molar-refractivity contribution in [2.24, 2.45) is 5.84 Å². The van der Waals surface area contributed by atoms with Crippen molar-refractivity contribution >= 4 is 15.7 Å². The van der Waals surface area contributed by atoms with Gasteiger partial charge in [0.1, 0.15) is 11.6 Å². The highest BCUT2D eigenvalue weighted by atomic mass is 32.2. The van der Waals surface area contributed by atoms with Crippen LogP contribution in [-0.2, 0) is 9.84 Å². The van der Waals surface area contributed by atoms with Crippen LogP contribution in [0.25, 0.3) is 0 Å². The molecule has 17 heavy (non-hydrogen) atoms. The Hall–Kier alpha value is -1.21. The van der Waals surface area contributed by atoms with Gasteiger partial charge in [-0.3, -0.25) is 0 Å². The van der Waals surface area contributed by atoms with Gasteiger partial charge in [-0.2, -0.15) is 0 Å². The van der Waals surface area contributed by atoms with Crippen LogP contribution in [0.5, 0.6) is 0 Å². The van der Waals surface area contributed by atoms with E-state index in [1.54, 1.807) is 0 Å². The smallest absolute Gasteiger partial charge is 0.151 e. The standard InChI is InChI=1S/C10H16N4O2S/c1-6-7(2)12-10(13-9(6)14-11)8-3-4-17(15,16)5-8/h8H,3-5,11H2,1-2H3,(H,12,13,14). The van der Waals surface area contributed by atoms with Gasteiger partial charge in [0, 0.05) is 17.2 Å². The first kappa shape index (κ1) is 12.3. The quantitative estimate of drug-likeness (QED) is 0.582. The number of nitrogens with one attached hydrogen (secondary N) is 1. The molecule has 0 saturated carbocycles. The minimum absolute atomic E-state index is 0.105. The Morgan fingerprint density at radius 2 is 2.06 bits per heavy atom. The molecule has 1 atom stereocenters. The number of aryl methyl sites for hydroxylation is 1. The number of nitrogens with two attached hydrogens (primary N) is 1. The maximum Gasteiger partial charge on any atom is 0.151 e. The first-order valence-electron chi connectivity index (χ1n) is 5.45. The molecule has 1 fully saturated rings. The first-order valence-corrected chi connectivity index (χ1v) is 7.27. The molecule has 1 aromatic rings. The fourth-order valence-electron chi connectivity index (χ4n) is 1.97. The molecule has 2 rings (SSSR count). The molecular weight excluding hydrogens is 240 g/mol. The number of aromatic nitrogens is 2. The Morgan fingerprint density at radius 1 is 1.35 bits per heavy atom. The molecule has 0 aromatic carbocycles. The molecule has 0 aliphatic carbocycles. The van der Waals surface area contributed by atoms with Gasteiger partial charge in [-0.05, 0) is 20.3 Å². The summed E-state index contributed by atoms with van der Waals surface area (Å²) in [6, 6.07) is 0. The van der Waals surface area contributed by atoms with Crippen molar-refractivity contribution in [3.8, 4) is 0 Å². The number of anilines is 1. The molecule has 1 unspecified atom stereocenters. The van der Waals surface area contributed by atoms with Crippen LogP contribution in [0.2, 0.25) is 0 Å². The van der Waals surface area contributed by atoms with Crippen LogP contribution < -0.4 is 11.3 Å². The Bertz CT molecular complexity index is 541. The lowest BCUT2D eigenvalue weighted by Crippen LogP contribution is -2.15. The minimum Gasteiger partial charge on any atom is -0.308 e. The Balaban J connectivity index is 2.37. The Morgan fingerprint density at radius 3 is 2.59 bits per heavy atom. The predicted octanol–water partition coefficient (Wildman–Crippen LogP) is 0.281. The summed E-state index contributed by atoms with van der Waals surface area (Å²) in [4.78, 5) is 8.65. The zero-order valence-corrected chi connectivity index (χ0v) is 10.7. The Labute approximate surface area is 101 Å². The lowest BCUT2D eigenvalue weighted by molar-refractivity contribution is 0.601. The molecule has 3 N–H and O–H groups in total. The van der Waals surface area contributed by atoms with Crippen molar-refractivity contribution in [1.29, 1.82) is 0 Å². The summed E-state index contributed by atoms with van der Waals surface area (Å²) in [5.41, 5.74) is 4.23. The van der Waals surface area contributed by atoms with Gasteiger partial charge in [-0.1, -0.05) is 0 Å². The van der Waals surface area contributed by atoms with Gasteiger partial charge in [0.25, 0.3) is 0 Å². The van der Waals surface area contributed by atoms with Crippen LogP contribution >= 0.6 is 0 Å². The van der Waals surface area contributed by atoms with E-state index in [1.165, 1.54) is 0 Å².